The monoisotopic (exact) mass is 288 g/mol. The zero-order valence-corrected chi connectivity index (χ0v) is 12.7. The molecule has 0 fully saturated rings. The number of nitrogens with one attached hydrogen (secondary N) is 1. The van der Waals surface area contributed by atoms with E-state index in [1.807, 2.05) is 56.3 Å². The molecule has 1 aromatic carbocycles. The normalized spacial score (nSPS) is 13.8. The fourth-order valence-electron chi connectivity index (χ4n) is 1.97. The van der Waals surface area contributed by atoms with Crippen LogP contribution in [0.5, 0.6) is 0 Å². The number of carbonyl (C=O) groups excluding carboxylic acids is 2. The minimum Gasteiger partial charge on any atom is -0.368 e. The molecule has 0 saturated carbocycles. The Kier molecular flexibility index (Phi) is 7.23. The van der Waals surface area contributed by atoms with E-state index in [0.717, 1.165) is 12.0 Å². The van der Waals surface area contributed by atoms with Crippen molar-refractivity contribution < 1.29 is 9.59 Å². The molecule has 2 unspecified atom stereocenters. The standard InChI is InChI=1S/C17H24N2O2/c1-3-13(2)16(17(18)21)19-15(20)12-8-7-11-14-9-5-4-6-10-14/h4-7,9-11,13,16H,3,8,12H2,1-2H3,(H2,18,21)(H,19,20). The van der Waals surface area contributed by atoms with Crippen molar-refractivity contribution in [3.63, 3.8) is 0 Å². The van der Waals surface area contributed by atoms with Gasteiger partial charge in [-0.1, -0.05) is 62.8 Å². The second-order valence-electron chi connectivity index (χ2n) is 5.18. The quantitative estimate of drug-likeness (QED) is 0.771. The number of hydrogen-bond acceptors (Lipinski definition) is 2. The summed E-state index contributed by atoms with van der Waals surface area (Å²) >= 11 is 0. The molecule has 0 spiro atoms. The van der Waals surface area contributed by atoms with Gasteiger partial charge in [-0.15, -0.1) is 0 Å². The van der Waals surface area contributed by atoms with Crippen LogP contribution in [0.15, 0.2) is 36.4 Å². The number of primary amides is 1. The lowest BCUT2D eigenvalue weighted by atomic mass is 9.98. The number of nitrogens with two attached hydrogens (primary N) is 1. The highest BCUT2D eigenvalue weighted by Gasteiger charge is 2.22. The topological polar surface area (TPSA) is 72.2 Å². The largest absolute Gasteiger partial charge is 0.368 e. The Hall–Kier alpha value is -2.10. The highest BCUT2D eigenvalue weighted by atomic mass is 16.2. The van der Waals surface area contributed by atoms with Crippen LogP contribution in [0.1, 0.15) is 38.7 Å². The SMILES string of the molecule is CCC(C)C(NC(=O)CCC=Cc1ccccc1)C(N)=O. The molecule has 1 aromatic rings. The minimum atomic E-state index is -0.583. The van der Waals surface area contributed by atoms with E-state index in [1.165, 1.54) is 0 Å². The summed E-state index contributed by atoms with van der Waals surface area (Å²) in [5, 5.41) is 2.72. The predicted octanol–water partition coefficient (Wildman–Crippen LogP) is 2.50. The Morgan fingerprint density at radius 2 is 1.95 bits per heavy atom. The van der Waals surface area contributed by atoms with Crippen molar-refractivity contribution in [2.45, 2.75) is 39.2 Å². The number of rotatable bonds is 8. The lowest BCUT2D eigenvalue weighted by Crippen LogP contribution is -2.48. The van der Waals surface area contributed by atoms with Crippen LogP contribution in [-0.2, 0) is 9.59 Å². The average molecular weight is 288 g/mol. The zero-order chi connectivity index (χ0) is 15.7. The molecule has 0 bridgehead atoms. The van der Waals surface area contributed by atoms with Crippen molar-refractivity contribution in [3.05, 3.63) is 42.0 Å². The first-order valence-electron chi connectivity index (χ1n) is 7.34. The number of benzene rings is 1. The van der Waals surface area contributed by atoms with Gasteiger partial charge in [-0.2, -0.15) is 0 Å². The molecule has 3 N–H and O–H groups in total. The van der Waals surface area contributed by atoms with Crippen molar-refractivity contribution in [1.82, 2.24) is 5.32 Å². The van der Waals surface area contributed by atoms with Gasteiger partial charge in [-0.25, -0.2) is 0 Å². The van der Waals surface area contributed by atoms with E-state index < -0.39 is 11.9 Å². The smallest absolute Gasteiger partial charge is 0.240 e. The van der Waals surface area contributed by atoms with E-state index in [4.69, 9.17) is 5.73 Å². The number of allylic oxidation sites excluding steroid dienone is 1. The molecule has 0 aliphatic rings. The van der Waals surface area contributed by atoms with E-state index in [1.54, 1.807) is 0 Å². The summed E-state index contributed by atoms with van der Waals surface area (Å²) in [5.41, 5.74) is 6.43. The maximum Gasteiger partial charge on any atom is 0.240 e. The Morgan fingerprint density at radius 3 is 2.52 bits per heavy atom. The van der Waals surface area contributed by atoms with Gasteiger partial charge in [-0.05, 0) is 17.9 Å². The molecule has 0 aliphatic carbocycles. The van der Waals surface area contributed by atoms with E-state index in [9.17, 15) is 9.59 Å². The highest BCUT2D eigenvalue weighted by molar-refractivity contribution is 5.86. The van der Waals surface area contributed by atoms with Gasteiger partial charge in [-0.3, -0.25) is 9.59 Å². The van der Waals surface area contributed by atoms with Gasteiger partial charge in [0.25, 0.3) is 0 Å². The maximum absolute atomic E-state index is 11.8. The third-order valence-corrected chi connectivity index (χ3v) is 3.48. The first-order chi connectivity index (χ1) is 10.0. The lowest BCUT2D eigenvalue weighted by Gasteiger charge is -2.20. The molecule has 2 amide bonds. The lowest BCUT2D eigenvalue weighted by molar-refractivity contribution is -0.128. The van der Waals surface area contributed by atoms with Crippen LogP contribution in [0, 0.1) is 5.92 Å². The molecule has 4 nitrogen and oxygen atoms in total. The summed E-state index contributed by atoms with van der Waals surface area (Å²) in [5.74, 6) is -0.569. The van der Waals surface area contributed by atoms with Gasteiger partial charge in [0, 0.05) is 6.42 Å². The van der Waals surface area contributed by atoms with Crippen molar-refractivity contribution >= 4 is 17.9 Å². The molecule has 114 valence electrons. The molecular weight excluding hydrogens is 264 g/mol. The Balaban J connectivity index is 2.39. The second kappa shape index (κ2) is 8.95. The highest BCUT2D eigenvalue weighted by Crippen LogP contribution is 2.08. The average Bonchev–Trinajstić information content (AvgIpc) is 2.49. The third kappa shape index (κ3) is 6.25. The van der Waals surface area contributed by atoms with Crippen molar-refractivity contribution in [1.29, 1.82) is 0 Å². The van der Waals surface area contributed by atoms with Gasteiger partial charge in [0.2, 0.25) is 11.8 Å². The second-order valence-corrected chi connectivity index (χ2v) is 5.18. The van der Waals surface area contributed by atoms with Crippen molar-refractivity contribution in [2.24, 2.45) is 11.7 Å². The Morgan fingerprint density at radius 1 is 1.29 bits per heavy atom. The fourth-order valence-corrected chi connectivity index (χ4v) is 1.97. The van der Waals surface area contributed by atoms with Crippen LogP contribution in [0.3, 0.4) is 0 Å². The summed E-state index contributed by atoms with van der Waals surface area (Å²) in [4.78, 5) is 23.2. The van der Waals surface area contributed by atoms with E-state index in [-0.39, 0.29) is 11.8 Å². The van der Waals surface area contributed by atoms with Gasteiger partial charge >= 0.3 is 0 Å². The van der Waals surface area contributed by atoms with Gasteiger partial charge in [0.1, 0.15) is 6.04 Å². The van der Waals surface area contributed by atoms with Crippen LogP contribution in [0.4, 0.5) is 0 Å². The van der Waals surface area contributed by atoms with Crippen LogP contribution >= 0.6 is 0 Å². The number of carbonyl (C=O) groups is 2. The Labute approximate surface area is 126 Å². The first kappa shape index (κ1) is 17.0. The van der Waals surface area contributed by atoms with Crippen LogP contribution in [0.2, 0.25) is 0 Å². The first-order valence-corrected chi connectivity index (χ1v) is 7.34. The van der Waals surface area contributed by atoms with Crippen LogP contribution in [-0.4, -0.2) is 17.9 Å². The minimum absolute atomic E-state index is 0.0475. The summed E-state index contributed by atoms with van der Waals surface area (Å²) in [6, 6.07) is 9.32. The van der Waals surface area contributed by atoms with Crippen LogP contribution in [0.25, 0.3) is 6.08 Å². The summed E-state index contributed by atoms with van der Waals surface area (Å²) in [7, 11) is 0. The summed E-state index contributed by atoms with van der Waals surface area (Å²) in [6.07, 6.45) is 5.71. The molecule has 2 atom stereocenters. The van der Waals surface area contributed by atoms with Gasteiger partial charge in [0.15, 0.2) is 0 Å². The van der Waals surface area contributed by atoms with Crippen molar-refractivity contribution in [2.75, 3.05) is 0 Å². The fraction of sp³-hybridized carbons (Fsp3) is 0.412. The molecule has 0 aromatic heterocycles. The molecule has 0 saturated heterocycles. The van der Waals surface area contributed by atoms with E-state index in [0.29, 0.717) is 12.8 Å². The molecule has 0 heterocycles. The zero-order valence-electron chi connectivity index (χ0n) is 12.7. The summed E-state index contributed by atoms with van der Waals surface area (Å²) in [6.45, 7) is 3.88. The molecular formula is C17H24N2O2. The predicted molar refractivity (Wildman–Crippen MR) is 85.3 cm³/mol. The Bertz CT molecular complexity index is 483. The van der Waals surface area contributed by atoms with E-state index >= 15 is 0 Å². The van der Waals surface area contributed by atoms with Gasteiger partial charge in [0.05, 0.1) is 0 Å². The molecule has 1 rings (SSSR count). The summed E-state index contributed by atoms with van der Waals surface area (Å²) < 4.78 is 0. The third-order valence-electron chi connectivity index (χ3n) is 3.48. The maximum atomic E-state index is 11.8. The molecule has 4 heteroatoms. The van der Waals surface area contributed by atoms with E-state index in [2.05, 4.69) is 5.32 Å². The number of amides is 2. The molecule has 0 radical (unpaired) electrons. The van der Waals surface area contributed by atoms with Crippen molar-refractivity contribution in [3.8, 4) is 0 Å². The number of hydrogen-bond donors (Lipinski definition) is 2. The van der Waals surface area contributed by atoms with Crippen LogP contribution < -0.4 is 11.1 Å². The molecule has 0 aliphatic heterocycles. The molecule has 21 heavy (non-hydrogen) atoms. The van der Waals surface area contributed by atoms with Gasteiger partial charge < -0.3 is 11.1 Å².